The maximum Gasteiger partial charge on any atom is 0.326 e. The van der Waals surface area contributed by atoms with Gasteiger partial charge in [0.25, 0.3) is 5.91 Å². The number of amides is 3. The number of carbonyl (C=O) groups excluding carboxylic acids is 4. The quantitative estimate of drug-likeness (QED) is 0.491. The summed E-state index contributed by atoms with van der Waals surface area (Å²) in [5.41, 5.74) is -2.20. The van der Waals surface area contributed by atoms with Crippen LogP contribution in [0.2, 0.25) is 0 Å². The molecule has 3 amide bonds. The molecule has 1 fully saturated rings. The Balaban J connectivity index is 1.93. The largest absolute Gasteiger partial charge is 0.459 e. The minimum Gasteiger partial charge on any atom is -0.459 e. The van der Waals surface area contributed by atoms with E-state index in [-0.39, 0.29) is 11.3 Å². The Morgan fingerprint density at radius 3 is 2.64 bits per heavy atom. The standard InChI is InChI=1S/C17H17FN2O5/c1-16(2,3)25-13(22)8-20-12(21)7-17(15(20)24)10-6-9(18)4-5-11(10)19-14(17)23/h4-6H,7-8H2,1-3H3,(H,19,23). The first-order valence-electron chi connectivity index (χ1n) is 7.73. The van der Waals surface area contributed by atoms with E-state index in [0.717, 1.165) is 12.1 Å². The van der Waals surface area contributed by atoms with E-state index in [0.29, 0.717) is 4.90 Å². The second-order valence-electron chi connectivity index (χ2n) is 7.10. The van der Waals surface area contributed by atoms with Gasteiger partial charge in [0.05, 0.1) is 6.42 Å². The van der Waals surface area contributed by atoms with Crippen molar-refractivity contribution in [3.63, 3.8) is 0 Å². The molecule has 1 atom stereocenters. The van der Waals surface area contributed by atoms with Gasteiger partial charge in [-0.3, -0.25) is 24.1 Å². The minimum atomic E-state index is -1.82. The van der Waals surface area contributed by atoms with Crippen LogP contribution in [0.15, 0.2) is 18.2 Å². The van der Waals surface area contributed by atoms with Crippen molar-refractivity contribution in [1.29, 1.82) is 0 Å². The Kier molecular flexibility index (Phi) is 3.66. The van der Waals surface area contributed by atoms with E-state index in [1.54, 1.807) is 20.8 Å². The summed E-state index contributed by atoms with van der Waals surface area (Å²) in [5, 5.41) is 2.50. The first-order chi connectivity index (χ1) is 11.5. The lowest BCUT2D eigenvalue weighted by molar-refractivity contribution is -0.161. The summed E-state index contributed by atoms with van der Waals surface area (Å²) in [6, 6.07) is 3.55. The molecule has 1 saturated heterocycles. The topological polar surface area (TPSA) is 92.8 Å². The molecule has 3 rings (SSSR count). The molecule has 7 nitrogen and oxygen atoms in total. The van der Waals surface area contributed by atoms with Crippen LogP contribution in [-0.4, -0.2) is 40.7 Å². The lowest BCUT2D eigenvalue weighted by Gasteiger charge is -2.23. The maximum atomic E-state index is 13.6. The van der Waals surface area contributed by atoms with Crippen molar-refractivity contribution in [3.8, 4) is 0 Å². The summed E-state index contributed by atoms with van der Waals surface area (Å²) in [4.78, 5) is 50.2. The van der Waals surface area contributed by atoms with Gasteiger partial charge in [-0.2, -0.15) is 0 Å². The molecule has 132 valence electrons. The summed E-state index contributed by atoms with van der Waals surface area (Å²) in [5.74, 6) is -3.60. The zero-order chi connectivity index (χ0) is 18.6. The normalized spacial score (nSPS) is 22.4. The van der Waals surface area contributed by atoms with E-state index < -0.39 is 53.5 Å². The molecule has 2 heterocycles. The molecule has 2 aliphatic rings. The van der Waals surface area contributed by atoms with Gasteiger partial charge < -0.3 is 10.1 Å². The van der Waals surface area contributed by atoms with E-state index >= 15 is 0 Å². The number of halogens is 1. The number of ether oxygens (including phenoxy) is 1. The average molecular weight is 348 g/mol. The van der Waals surface area contributed by atoms with Gasteiger partial charge >= 0.3 is 5.97 Å². The van der Waals surface area contributed by atoms with Crippen molar-refractivity contribution in [1.82, 2.24) is 4.90 Å². The van der Waals surface area contributed by atoms with Crippen molar-refractivity contribution in [2.24, 2.45) is 0 Å². The van der Waals surface area contributed by atoms with Gasteiger partial charge in [-0.15, -0.1) is 0 Å². The van der Waals surface area contributed by atoms with Gasteiger partial charge in [-0.25, -0.2) is 4.39 Å². The molecule has 25 heavy (non-hydrogen) atoms. The number of nitrogens with zero attached hydrogens (tertiary/aromatic N) is 1. The van der Waals surface area contributed by atoms with Crippen molar-refractivity contribution in [2.75, 3.05) is 11.9 Å². The number of carbonyl (C=O) groups is 4. The highest BCUT2D eigenvalue weighted by atomic mass is 19.1. The Hall–Kier alpha value is -2.77. The number of rotatable bonds is 2. The molecular formula is C17H17FN2O5. The third-order valence-corrected chi connectivity index (χ3v) is 4.11. The highest BCUT2D eigenvalue weighted by Crippen LogP contribution is 2.45. The summed E-state index contributed by atoms with van der Waals surface area (Å²) in [6.07, 6.45) is -0.448. The van der Waals surface area contributed by atoms with E-state index in [9.17, 15) is 23.6 Å². The van der Waals surface area contributed by atoms with Gasteiger partial charge in [0.2, 0.25) is 11.8 Å². The fourth-order valence-corrected chi connectivity index (χ4v) is 3.12. The molecule has 1 N–H and O–H groups in total. The zero-order valence-electron chi connectivity index (χ0n) is 14.0. The second kappa shape index (κ2) is 5.37. The van der Waals surface area contributed by atoms with Crippen LogP contribution >= 0.6 is 0 Å². The summed E-state index contributed by atoms with van der Waals surface area (Å²) in [7, 11) is 0. The molecule has 1 unspecified atom stereocenters. The predicted molar refractivity (Wildman–Crippen MR) is 83.9 cm³/mol. The Morgan fingerprint density at radius 1 is 1.32 bits per heavy atom. The van der Waals surface area contributed by atoms with Crippen LogP contribution in [0.5, 0.6) is 0 Å². The van der Waals surface area contributed by atoms with E-state index in [2.05, 4.69) is 5.32 Å². The third-order valence-electron chi connectivity index (χ3n) is 4.11. The molecule has 0 aromatic heterocycles. The molecule has 1 aromatic rings. The molecule has 0 bridgehead atoms. The number of hydrogen-bond acceptors (Lipinski definition) is 5. The zero-order valence-corrected chi connectivity index (χ0v) is 14.0. The molecule has 0 saturated carbocycles. The highest BCUT2D eigenvalue weighted by Gasteiger charge is 2.62. The summed E-state index contributed by atoms with van der Waals surface area (Å²) < 4.78 is 18.7. The summed E-state index contributed by atoms with van der Waals surface area (Å²) >= 11 is 0. The van der Waals surface area contributed by atoms with Crippen LogP contribution in [0.4, 0.5) is 10.1 Å². The number of esters is 1. The second-order valence-corrected chi connectivity index (χ2v) is 7.10. The SMILES string of the molecule is CC(C)(C)OC(=O)CN1C(=O)CC2(C(=O)Nc3ccc(F)cc32)C1=O. The Bertz CT molecular complexity index is 814. The van der Waals surface area contributed by atoms with Gasteiger partial charge in [0.1, 0.15) is 18.0 Å². The number of fused-ring (bicyclic) bond motifs is 2. The fourth-order valence-electron chi connectivity index (χ4n) is 3.12. The molecule has 2 aliphatic heterocycles. The van der Waals surface area contributed by atoms with Crippen LogP contribution in [0, 0.1) is 5.82 Å². The van der Waals surface area contributed by atoms with Crippen molar-refractivity contribution < 1.29 is 28.3 Å². The predicted octanol–water partition coefficient (Wildman–Crippen LogP) is 1.12. The number of benzene rings is 1. The lowest BCUT2D eigenvalue weighted by Crippen LogP contribution is -2.45. The van der Waals surface area contributed by atoms with Crippen LogP contribution < -0.4 is 5.32 Å². The maximum absolute atomic E-state index is 13.6. The number of hydrogen-bond donors (Lipinski definition) is 1. The van der Waals surface area contributed by atoms with Crippen molar-refractivity contribution >= 4 is 29.4 Å². The number of anilines is 1. The number of nitrogens with one attached hydrogen (secondary N) is 1. The Labute approximate surface area is 143 Å². The Morgan fingerprint density at radius 2 is 2.00 bits per heavy atom. The van der Waals surface area contributed by atoms with Crippen molar-refractivity contribution in [3.05, 3.63) is 29.6 Å². The van der Waals surface area contributed by atoms with Gasteiger partial charge in [-0.1, -0.05) is 0 Å². The van der Waals surface area contributed by atoms with Gasteiger partial charge in [-0.05, 0) is 39.0 Å². The number of likely N-dealkylation sites (tertiary alicyclic amines) is 1. The third kappa shape index (κ3) is 2.67. The molecular weight excluding hydrogens is 331 g/mol. The first kappa shape index (κ1) is 17.1. The van der Waals surface area contributed by atoms with E-state index in [4.69, 9.17) is 4.74 Å². The van der Waals surface area contributed by atoms with Crippen LogP contribution in [-0.2, 0) is 29.3 Å². The lowest BCUT2D eigenvalue weighted by atomic mass is 9.80. The fraction of sp³-hybridized carbons (Fsp3) is 0.412. The van der Waals surface area contributed by atoms with Gasteiger partial charge in [0, 0.05) is 11.3 Å². The summed E-state index contributed by atoms with van der Waals surface area (Å²) in [6.45, 7) is 4.38. The van der Waals surface area contributed by atoms with E-state index in [1.807, 2.05) is 0 Å². The van der Waals surface area contributed by atoms with Crippen LogP contribution in [0.25, 0.3) is 0 Å². The average Bonchev–Trinajstić information content (AvgIpc) is 2.88. The molecule has 1 aromatic carbocycles. The van der Waals surface area contributed by atoms with E-state index in [1.165, 1.54) is 6.07 Å². The smallest absolute Gasteiger partial charge is 0.326 e. The van der Waals surface area contributed by atoms with Gasteiger partial charge in [0.15, 0.2) is 5.41 Å². The van der Waals surface area contributed by atoms with Crippen molar-refractivity contribution in [2.45, 2.75) is 38.2 Å². The molecule has 0 radical (unpaired) electrons. The minimum absolute atomic E-state index is 0.113. The van der Waals surface area contributed by atoms with Crippen LogP contribution in [0.3, 0.4) is 0 Å². The molecule has 1 spiro atoms. The number of imide groups is 1. The monoisotopic (exact) mass is 348 g/mol. The molecule has 8 heteroatoms. The highest BCUT2D eigenvalue weighted by molar-refractivity contribution is 6.28. The first-order valence-corrected chi connectivity index (χ1v) is 7.73. The molecule has 0 aliphatic carbocycles. The van der Waals surface area contributed by atoms with Crippen LogP contribution in [0.1, 0.15) is 32.8 Å².